The van der Waals surface area contributed by atoms with Gasteiger partial charge in [-0.1, -0.05) is 6.08 Å². The van der Waals surface area contributed by atoms with E-state index in [0.29, 0.717) is 12.1 Å². The summed E-state index contributed by atoms with van der Waals surface area (Å²) in [6, 6.07) is 5.64. The van der Waals surface area contributed by atoms with Gasteiger partial charge in [0, 0.05) is 45.1 Å². The Morgan fingerprint density at radius 1 is 1.16 bits per heavy atom. The summed E-state index contributed by atoms with van der Waals surface area (Å²) in [5, 5.41) is 2.75. The van der Waals surface area contributed by atoms with Gasteiger partial charge in [-0.05, 0) is 25.1 Å². The van der Waals surface area contributed by atoms with Crippen molar-refractivity contribution in [2.75, 3.05) is 42.5 Å². The molecule has 2 aromatic rings. The van der Waals surface area contributed by atoms with Crippen LogP contribution in [0.1, 0.15) is 16.2 Å². The van der Waals surface area contributed by atoms with Crippen molar-refractivity contribution in [3.63, 3.8) is 0 Å². The number of anilines is 2. The number of pyridine rings is 1. The van der Waals surface area contributed by atoms with Gasteiger partial charge in [-0.3, -0.25) is 4.79 Å². The third-order valence-electron chi connectivity index (χ3n) is 4.11. The zero-order chi connectivity index (χ0) is 17.6. The van der Waals surface area contributed by atoms with E-state index in [2.05, 4.69) is 36.6 Å². The molecular formula is C18H22N6O. The first kappa shape index (κ1) is 16.9. The van der Waals surface area contributed by atoms with Gasteiger partial charge in [0.05, 0.1) is 5.56 Å². The Balaban J connectivity index is 1.59. The summed E-state index contributed by atoms with van der Waals surface area (Å²) in [6.07, 6.45) is 5.06. The number of rotatable bonds is 5. The lowest BCUT2D eigenvalue weighted by Crippen LogP contribution is -2.47. The van der Waals surface area contributed by atoms with E-state index in [-0.39, 0.29) is 5.91 Å². The number of amides is 1. The van der Waals surface area contributed by atoms with Crippen molar-refractivity contribution in [3.05, 3.63) is 54.6 Å². The topological polar surface area (TPSA) is 74.2 Å². The second-order valence-corrected chi connectivity index (χ2v) is 5.84. The quantitative estimate of drug-likeness (QED) is 0.831. The predicted molar refractivity (Wildman–Crippen MR) is 98.0 cm³/mol. The number of aromatic nitrogens is 3. The summed E-state index contributed by atoms with van der Waals surface area (Å²) in [4.78, 5) is 29.4. The van der Waals surface area contributed by atoms with Crippen LogP contribution in [-0.2, 0) is 0 Å². The van der Waals surface area contributed by atoms with Gasteiger partial charge < -0.3 is 15.1 Å². The van der Waals surface area contributed by atoms with Crippen LogP contribution in [-0.4, -0.2) is 53.6 Å². The third kappa shape index (κ3) is 4.12. The molecule has 1 N–H and O–H groups in total. The molecule has 0 bridgehead atoms. The molecule has 7 heteroatoms. The Kier molecular flexibility index (Phi) is 5.23. The van der Waals surface area contributed by atoms with Crippen molar-refractivity contribution in [1.82, 2.24) is 20.3 Å². The molecule has 3 rings (SSSR count). The zero-order valence-corrected chi connectivity index (χ0v) is 14.4. The molecule has 1 fully saturated rings. The van der Waals surface area contributed by atoms with Crippen molar-refractivity contribution in [3.8, 4) is 0 Å². The number of hydrogen-bond acceptors (Lipinski definition) is 6. The van der Waals surface area contributed by atoms with Gasteiger partial charge in [-0.15, -0.1) is 6.58 Å². The second kappa shape index (κ2) is 7.74. The number of piperazine rings is 1. The number of nitrogens with zero attached hydrogens (tertiary/aromatic N) is 5. The molecule has 25 heavy (non-hydrogen) atoms. The minimum atomic E-state index is -0.136. The van der Waals surface area contributed by atoms with E-state index < -0.39 is 0 Å². The Morgan fingerprint density at radius 2 is 1.88 bits per heavy atom. The van der Waals surface area contributed by atoms with Crippen LogP contribution in [0.3, 0.4) is 0 Å². The Morgan fingerprint density at radius 3 is 2.48 bits per heavy atom. The molecule has 0 atom stereocenters. The number of hydrogen-bond donors (Lipinski definition) is 1. The van der Waals surface area contributed by atoms with Crippen LogP contribution < -0.4 is 15.1 Å². The van der Waals surface area contributed by atoms with E-state index in [4.69, 9.17) is 0 Å². The molecule has 130 valence electrons. The van der Waals surface area contributed by atoms with Gasteiger partial charge in [0.2, 0.25) is 0 Å². The first-order valence-corrected chi connectivity index (χ1v) is 8.32. The molecule has 2 aromatic heterocycles. The number of aryl methyl sites for hydroxylation is 1. The lowest BCUT2D eigenvalue weighted by Gasteiger charge is -2.36. The number of nitrogens with one attached hydrogen (secondary N) is 1. The van der Waals surface area contributed by atoms with Crippen LogP contribution in [0.4, 0.5) is 11.6 Å². The Hall–Kier alpha value is -2.96. The molecule has 3 heterocycles. The highest BCUT2D eigenvalue weighted by atomic mass is 16.1. The summed E-state index contributed by atoms with van der Waals surface area (Å²) < 4.78 is 0. The zero-order valence-electron chi connectivity index (χ0n) is 14.4. The summed E-state index contributed by atoms with van der Waals surface area (Å²) in [6.45, 7) is 9.40. The summed E-state index contributed by atoms with van der Waals surface area (Å²) in [5.41, 5.74) is 0.556. The third-order valence-corrected chi connectivity index (χ3v) is 4.11. The molecule has 1 amide bonds. The summed E-state index contributed by atoms with van der Waals surface area (Å²) >= 11 is 0. The van der Waals surface area contributed by atoms with Crippen LogP contribution in [0.2, 0.25) is 0 Å². The molecule has 1 saturated heterocycles. The molecule has 7 nitrogen and oxygen atoms in total. The Labute approximate surface area is 147 Å². The van der Waals surface area contributed by atoms with E-state index in [1.165, 1.54) is 0 Å². The fourth-order valence-corrected chi connectivity index (χ4v) is 2.76. The van der Waals surface area contributed by atoms with E-state index in [9.17, 15) is 4.79 Å². The van der Waals surface area contributed by atoms with Crippen LogP contribution >= 0.6 is 0 Å². The SMILES string of the molecule is C=CCNC(=O)c1ccc(N2CCN(c3ccnc(C)n3)CC2)nc1. The summed E-state index contributed by atoms with van der Waals surface area (Å²) in [5.74, 6) is 2.50. The van der Waals surface area contributed by atoms with Crippen LogP contribution in [0, 0.1) is 6.92 Å². The van der Waals surface area contributed by atoms with Crippen LogP contribution in [0.25, 0.3) is 0 Å². The Bertz CT molecular complexity index is 737. The molecule has 0 saturated carbocycles. The highest BCUT2D eigenvalue weighted by molar-refractivity contribution is 5.94. The maximum atomic E-state index is 11.9. The van der Waals surface area contributed by atoms with Crippen molar-refractivity contribution in [1.29, 1.82) is 0 Å². The maximum absolute atomic E-state index is 11.9. The van der Waals surface area contributed by atoms with E-state index in [1.807, 2.05) is 19.1 Å². The normalized spacial score (nSPS) is 14.3. The van der Waals surface area contributed by atoms with Gasteiger partial charge in [0.1, 0.15) is 17.5 Å². The van der Waals surface area contributed by atoms with E-state index >= 15 is 0 Å². The lowest BCUT2D eigenvalue weighted by atomic mass is 10.2. The molecule has 0 aliphatic carbocycles. The molecule has 0 aromatic carbocycles. The molecule has 1 aliphatic rings. The van der Waals surface area contributed by atoms with E-state index in [0.717, 1.165) is 43.6 Å². The fraction of sp³-hybridized carbons (Fsp3) is 0.333. The molecule has 1 aliphatic heterocycles. The lowest BCUT2D eigenvalue weighted by molar-refractivity contribution is 0.0957. The predicted octanol–water partition coefficient (Wildman–Crippen LogP) is 1.42. The van der Waals surface area contributed by atoms with Gasteiger partial charge in [-0.2, -0.15) is 0 Å². The summed E-state index contributed by atoms with van der Waals surface area (Å²) in [7, 11) is 0. The number of carbonyl (C=O) groups is 1. The number of carbonyl (C=O) groups excluding carboxylic acids is 1. The van der Waals surface area contributed by atoms with Crippen LogP contribution in [0.15, 0.2) is 43.2 Å². The monoisotopic (exact) mass is 338 g/mol. The minimum Gasteiger partial charge on any atom is -0.353 e. The average Bonchev–Trinajstić information content (AvgIpc) is 2.66. The molecular weight excluding hydrogens is 316 g/mol. The standard InChI is InChI=1S/C18H22N6O/c1-3-7-20-18(25)15-4-5-16(21-13-15)23-9-11-24(12-10-23)17-6-8-19-14(2)22-17/h3-6,8,13H,1,7,9-12H2,2H3,(H,20,25). The second-order valence-electron chi connectivity index (χ2n) is 5.84. The van der Waals surface area contributed by atoms with Gasteiger partial charge in [0.15, 0.2) is 0 Å². The van der Waals surface area contributed by atoms with Crippen molar-refractivity contribution in [2.24, 2.45) is 0 Å². The minimum absolute atomic E-state index is 0.136. The average molecular weight is 338 g/mol. The van der Waals surface area contributed by atoms with E-state index in [1.54, 1.807) is 24.5 Å². The highest BCUT2D eigenvalue weighted by Crippen LogP contribution is 2.17. The molecule has 0 spiro atoms. The smallest absolute Gasteiger partial charge is 0.253 e. The van der Waals surface area contributed by atoms with Crippen molar-refractivity contribution < 1.29 is 4.79 Å². The van der Waals surface area contributed by atoms with Gasteiger partial charge in [0.25, 0.3) is 5.91 Å². The van der Waals surface area contributed by atoms with Gasteiger partial charge in [-0.25, -0.2) is 15.0 Å². The van der Waals surface area contributed by atoms with Gasteiger partial charge >= 0.3 is 0 Å². The van der Waals surface area contributed by atoms with Crippen molar-refractivity contribution in [2.45, 2.75) is 6.92 Å². The molecule has 0 unspecified atom stereocenters. The van der Waals surface area contributed by atoms with Crippen LogP contribution in [0.5, 0.6) is 0 Å². The first-order valence-electron chi connectivity index (χ1n) is 8.32. The van der Waals surface area contributed by atoms with Crippen molar-refractivity contribution >= 4 is 17.5 Å². The maximum Gasteiger partial charge on any atom is 0.253 e. The first-order chi connectivity index (χ1) is 12.2. The largest absolute Gasteiger partial charge is 0.353 e. The fourth-order valence-electron chi connectivity index (χ4n) is 2.76. The highest BCUT2D eigenvalue weighted by Gasteiger charge is 2.19. The molecule has 0 radical (unpaired) electrons.